The number of carbonyl (C=O) groups is 1. The fraction of sp³-hybridized carbons (Fsp3) is 0.667. The van der Waals surface area contributed by atoms with Crippen LogP contribution in [0.25, 0.3) is 0 Å². The Bertz CT molecular complexity index is 558. The van der Waals surface area contributed by atoms with Crippen molar-refractivity contribution in [3.8, 4) is 5.75 Å². The minimum Gasteiger partial charge on any atom is -0.496 e. The van der Waals surface area contributed by atoms with Crippen molar-refractivity contribution in [1.29, 1.82) is 0 Å². The summed E-state index contributed by atoms with van der Waals surface area (Å²) < 4.78 is 5.78. The molecule has 0 spiro atoms. The lowest BCUT2D eigenvalue weighted by Gasteiger charge is -2.30. The molecule has 4 heteroatoms. The third-order valence-corrected chi connectivity index (χ3v) is 4.23. The fourth-order valence-electron chi connectivity index (χ4n) is 2.79. The van der Waals surface area contributed by atoms with Gasteiger partial charge in [0.15, 0.2) is 0 Å². The molecule has 142 valence electrons. The third kappa shape index (κ3) is 6.35. The normalized spacial score (nSPS) is 13.5. The Labute approximate surface area is 153 Å². The minimum atomic E-state index is -0.0292. The van der Waals surface area contributed by atoms with Crippen molar-refractivity contribution in [2.75, 3.05) is 13.7 Å². The lowest BCUT2D eigenvalue weighted by Crippen LogP contribution is -2.35. The number of benzene rings is 1. The molecular weight excluding hydrogens is 312 g/mol. The monoisotopic (exact) mass is 348 g/mol. The smallest absolute Gasteiger partial charge is 0.220 e. The number of carbonyl (C=O) groups excluding carboxylic acids is 1. The maximum atomic E-state index is 12.0. The van der Waals surface area contributed by atoms with Crippen molar-refractivity contribution >= 4 is 5.91 Å². The van der Waals surface area contributed by atoms with E-state index in [1.54, 1.807) is 7.11 Å². The van der Waals surface area contributed by atoms with Gasteiger partial charge < -0.3 is 15.8 Å². The highest BCUT2D eigenvalue weighted by Gasteiger charge is 2.27. The highest BCUT2D eigenvalue weighted by molar-refractivity contribution is 5.76. The first kappa shape index (κ1) is 21.5. The maximum absolute atomic E-state index is 12.0. The van der Waals surface area contributed by atoms with E-state index in [0.717, 1.165) is 5.75 Å². The number of ether oxygens (including phenoxy) is 1. The number of methoxy groups -OCH3 is 1. The van der Waals surface area contributed by atoms with Crippen LogP contribution in [0, 0.1) is 0 Å². The SMILES string of the molecule is COc1c(C(C)(C)C)cc(CCC(=O)NCC(C)N)cc1C(C)(C)C. The van der Waals surface area contributed by atoms with Gasteiger partial charge in [0.2, 0.25) is 5.91 Å². The average Bonchev–Trinajstić information content (AvgIpc) is 2.48. The van der Waals surface area contributed by atoms with Gasteiger partial charge in [0.25, 0.3) is 0 Å². The van der Waals surface area contributed by atoms with Crippen LogP contribution in [-0.4, -0.2) is 25.6 Å². The lowest BCUT2D eigenvalue weighted by molar-refractivity contribution is -0.121. The Morgan fingerprint density at radius 3 is 1.96 bits per heavy atom. The second-order valence-electron chi connectivity index (χ2n) is 9.01. The highest BCUT2D eigenvalue weighted by atomic mass is 16.5. The van der Waals surface area contributed by atoms with E-state index in [1.165, 1.54) is 16.7 Å². The Morgan fingerprint density at radius 2 is 1.60 bits per heavy atom. The summed E-state index contributed by atoms with van der Waals surface area (Å²) in [5, 5.41) is 2.88. The average molecular weight is 349 g/mol. The third-order valence-electron chi connectivity index (χ3n) is 4.23. The molecule has 0 aliphatic carbocycles. The van der Waals surface area contributed by atoms with Gasteiger partial charge in [0, 0.05) is 30.1 Å². The number of hydrogen-bond donors (Lipinski definition) is 2. The van der Waals surface area contributed by atoms with Gasteiger partial charge in [-0.05, 0) is 29.7 Å². The van der Waals surface area contributed by atoms with E-state index < -0.39 is 0 Å². The van der Waals surface area contributed by atoms with Gasteiger partial charge in [0.05, 0.1) is 7.11 Å². The fourth-order valence-corrected chi connectivity index (χ4v) is 2.79. The van der Waals surface area contributed by atoms with Gasteiger partial charge in [-0.15, -0.1) is 0 Å². The molecular formula is C21H36N2O2. The van der Waals surface area contributed by atoms with Crippen LogP contribution < -0.4 is 15.8 Å². The molecule has 1 aromatic rings. The van der Waals surface area contributed by atoms with Crippen LogP contribution in [0.2, 0.25) is 0 Å². The van der Waals surface area contributed by atoms with Crippen LogP contribution in [0.4, 0.5) is 0 Å². The van der Waals surface area contributed by atoms with Crippen LogP contribution in [0.3, 0.4) is 0 Å². The van der Waals surface area contributed by atoms with E-state index in [9.17, 15) is 4.79 Å². The van der Waals surface area contributed by atoms with Gasteiger partial charge in [-0.1, -0.05) is 53.7 Å². The lowest BCUT2D eigenvalue weighted by atomic mass is 9.78. The molecule has 0 heterocycles. The molecule has 0 saturated carbocycles. The number of hydrogen-bond acceptors (Lipinski definition) is 3. The summed E-state index contributed by atoms with van der Waals surface area (Å²) >= 11 is 0. The van der Waals surface area contributed by atoms with Gasteiger partial charge in [0.1, 0.15) is 5.75 Å². The molecule has 0 aliphatic heterocycles. The molecule has 1 rings (SSSR count). The highest BCUT2D eigenvalue weighted by Crippen LogP contribution is 2.40. The molecule has 3 N–H and O–H groups in total. The van der Waals surface area contributed by atoms with Crippen LogP contribution >= 0.6 is 0 Å². The number of nitrogens with one attached hydrogen (secondary N) is 1. The first-order valence-corrected chi connectivity index (χ1v) is 9.10. The molecule has 1 atom stereocenters. The number of aryl methyl sites for hydroxylation is 1. The summed E-state index contributed by atoms with van der Waals surface area (Å²) in [6.45, 7) is 15.5. The van der Waals surface area contributed by atoms with E-state index in [4.69, 9.17) is 10.5 Å². The van der Waals surface area contributed by atoms with Crippen LogP contribution in [-0.2, 0) is 22.0 Å². The standard InChI is InChI=1S/C21H36N2O2/c1-14(22)13-23-18(24)10-9-15-11-16(20(2,3)4)19(25-8)17(12-15)21(5,6)7/h11-12,14H,9-10,13,22H2,1-8H3,(H,23,24). The Morgan fingerprint density at radius 1 is 1.12 bits per heavy atom. The first-order chi connectivity index (χ1) is 11.4. The van der Waals surface area contributed by atoms with Crippen LogP contribution in [0.1, 0.15) is 71.6 Å². The van der Waals surface area contributed by atoms with Crippen LogP contribution in [0.5, 0.6) is 5.75 Å². The van der Waals surface area contributed by atoms with Gasteiger partial charge in [-0.3, -0.25) is 4.79 Å². The van der Waals surface area contributed by atoms with Crippen molar-refractivity contribution in [1.82, 2.24) is 5.32 Å². The first-order valence-electron chi connectivity index (χ1n) is 9.10. The maximum Gasteiger partial charge on any atom is 0.220 e. The molecule has 1 aromatic carbocycles. The zero-order valence-corrected chi connectivity index (χ0v) is 17.2. The summed E-state index contributed by atoms with van der Waals surface area (Å²) in [4.78, 5) is 12.0. The molecule has 0 radical (unpaired) electrons. The van der Waals surface area contributed by atoms with Crippen molar-refractivity contribution < 1.29 is 9.53 Å². The van der Waals surface area contributed by atoms with E-state index >= 15 is 0 Å². The van der Waals surface area contributed by atoms with E-state index in [2.05, 4.69) is 59.0 Å². The second kappa shape index (κ2) is 8.22. The topological polar surface area (TPSA) is 64.3 Å². The van der Waals surface area contributed by atoms with Crippen molar-refractivity contribution in [3.05, 3.63) is 28.8 Å². The number of rotatable bonds is 6. The number of amides is 1. The summed E-state index contributed by atoms with van der Waals surface area (Å²) in [6, 6.07) is 4.35. The molecule has 25 heavy (non-hydrogen) atoms. The Kier molecular flexibility index (Phi) is 7.07. The van der Waals surface area contributed by atoms with Gasteiger partial charge >= 0.3 is 0 Å². The summed E-state index contributed by atoms with van der Waals surface area (Å²) in [5.41, 5.74) is 9.18. The predicted octanol–water partition coefficient (Wildman–Crippen LogP) is 3.69. The van der Waals surface area contributed by atoms with Crippen molar-refractivity contribution in [2.45, 2.75) is 78.2 Å². The van der Waals surface area contributed by atoms with Crippen molar-refractivity contribution in [2.24, 2.45) is 5.73 Å². The molecule has 0 aromatic heterocycles. The van der Waals surface area contributed by atoms with E-state index in [-0.39, 0.29) is 22.8 Å². The molecule has 4 nitrogen and oxygen atoms in total. The molecule has 1 unspecified atom stereocenters. The Hall–Kier alpha value is -1.55. The summed E-state index contributed by atoms with van der Waals surface area (Å²) in [5.74, 6) is 1.01. The largest absolute Gasteiger partial charge is 0.496 e. The molecule has 0 fully saturated rings. The number of nitrogens with two attached hydrogens (primary N) is 1. The zero-order chi connectivity index (χ0) is 19.4. The van der Waals surface area contributed by atoms with Crippen molar-refractivity contribution in [3.63, 3.8) is 0 Å². The quantitative estimate of drug-likeness (QED) is 0.824. The molecule has 1 amide bonds. The van der Waals surface area contributed by atoms with Gasteiger partial charge in [-0.2, -0.15) is 0 Å². The predicted molar refractivity (Wildman–Crippen MR) is 105 cm³/mol. The Balaban J connectivity index is 3.14. The molecule has 0 saturated heterocycles. The summed E-state index contributed by atoms with van der Waals surface area (Å²) in [6.07, 6.45) is 1.17. The van der Waals surface area contributed by atoms with E-state index in [1.807, 2.05) is 6.92 Å². The second-order valence-corrected chi connectivity index (χ2v) is 9.01. The van der Waals surface area contributed by atoms with Gasteiger partial charge in [-0.25, -0.2) is 0 Å². The van der Waals surface area contributed by atoms with Crippen LogP contribution in [0.15, 0.2) is 12.1 Å². The molecule has 0 bridgehead atoms. The molecule has 0 aliphatic rings. The zero-order valence-electron chi connectivity index (χ0n) is 17.2. The summed E-state index contributed by atoms with van der Waals surface area (Å²) in [7, 11) is 1.74. The minimum absolute atomic E-state index is 0.0232. The van der Waals surface area contributed by atoms with E-state index in [0.29, 0.717) is 19.4 Å².